The van der Waals surface area contributed by atoms with Gasteiger partial charge in [-0.05, 0) is 48.0 Å². The van der Waals surface area contributed by atoms with Crippen LogP contribution in [0.4, 0.5) is 11.4 Å². The van der Waals surface area contributed by atoms with E-state index in [1.54, 1.807) is 36.4 Å². The normalized spacial score (nSPS) is 10.8. The Bertz CT molecular complexity index is 756. The maximum absolute atomic E-state index is 12.2. The number of hydrogen-bond donors (Lipinski definition) is 1. The number of nitrogens with one attached hydrogen (secondary N) is 1. The number of hydrogen-bond acceptors (Lipinski definition) is 3. The molecule has 2 aromatic carbocycles. The lowest BCUT2D eigenvalue weighted by Crippen LogP contribution is -2.14. The van der Waals surface area contributed by atoms with Gasteiger partial charge in [-0.15, -0.1) is 0 Å². The number of halogens is 1. The Balaban J connectivity index is 2.14. The van der Waals surface area contributed by atoms with Gasteiger partial charge in [0.1, 0.15) is 11.6 Å². The highest BCUT2D eigenvalue weighted by molar-refractivity contribution is 6.30. The zero-order valence-electron chi connectivity index (χ0n) is 12.9. The molecule has 0 saturated carbocycles. The van der Waals surface area contributed by atoms with Gasteiger partial charge in [-0.25, -0.2) is 0 Å². The monoisotopic (exact) mass is 325 g/mol. The summed E-state index contributed by atoms with van der Waals surface area (Å²) in [5.41, 5.74) is 2.44. The average Bonchev–Trinajstić information content (AvgIpc) is 2.54. The minimum Gasteiger partial charge on any atom is -0.378 e. The Labute approximate surface area is 140 Å². The molecule has 0 aliphatic heterocycles. The van der Waals surface area contributed by atoms with Crippen molar-refractivity contribution in [2.75, 3.05) is 24.3 Å². The number of nitrogens with zero attached hydrogens (tertiary/aromatic N) is 2. The zero-order valence-corrected chi connectivity index (χ0v) is 13.6. The molecule has 116 valence electrons. The van der Waals surface area contributed by atoms with Gasteiger partial charge in [-0.2, -0.15) is 5.26 Å². The number of rotatable bonds is 4. The fraction of sp³-hybridized carbons (Fsp3) is 0.111. The number of carbonyl (C=O) groups is 1. The third-order valence-electron chi connectivity index (χ3n) is 3.19. The van der Waals surface area contributed by atoms with Crippen LogP contribution in [0.1, 0.15) is 5.56 Å². The van der Waals surface area contributed by atoms with Crippen LogP contribution < -0.4 is 10.2 Å². The smallest absolute Gasteiger partial charge is 0.266 e. The molecular formula is C18H16ClN3O. The lowest BCUT2D eigenvalue weighted by atomic mass is 10.1. The number of benzene rings is 2. The first-order valence-electron chi connectivity index (χ1n) is 6.95. The number of carbonyl (C=O) groups excluding carboxylic acids is 1. The minimum atomic E-state index is -0.444. The van der Waals surface area contributed by atoms with Gasteiger partial charge in [-0.1, -0.05) is 23.7 Å². The maximum atomic E-state index is 12.2. The molecular weight excluding hydrogens is 310 g/mol. The largest absolute Gasteiger partial charge is 0.378 e. The number of amides is 1. The summed E-state index contributed by atoms with van der Waals surface area (Å²) in [6.45, 7) is 0. The average molecular weight is 326 g/mol. The predicted octanol–water partition coefficient (Wildman–Crippen LogP) is 3.95. The van der Waals surface area contributed by atoms with Crippen molar-refractivity contribution in [1.29, 1.82) is 5.26 Å². The van der Waals surface area contributed by atoms with Crippen molar-refractivity contribution in [3.05, 3.63) is 64.7 Å². The van der Waals surface area contributed by atoms with Gasteiger partial charge in [0.2, 0.25) is 0 Å². The van der Waals surface area contributed by atoms with Gasteiger partial charge in [0, 0.05) is 30.5 Å². The zero-order chi connectivity index (χ0) is 16.8. The molecule has 0 aliphatic carbocycles. The van der Waals surface area contributed by atoms with Crippen LogP contribution in [0.15, 0.2) is 54.1 Å². The van der Waals surface area contributed by atoms with E-state index in [0.717, 1.165) is 11.3 Å². The van der Waals surface area contributed by atoms with E-state index in [1.165, 1.54) is 6.08 Å². The standard InChI is InChI=1S/C18H16ClN3O/c1-22(2)17-9-7-16(8-10-17)21-18(23)14(12-20)11-13-3-5-15(19)6-4-13/h3-11H,1-2H3,(H,21,23). The molecule has 4 nitrogen and oxygen atoms in total. The summed E-state index contributed by atoms with van der Waals surface area (Å²) in [4.78, 5) is 14.2. The number of anilines is 2. The van der Waals surface area contributed by atoms with Crippen LogP contribution in [0.2, 0.25) is 5.02 Å². The van der Waals surface area contributed by atoms with Gasteiger partial charge in [0.05, 0.1) is 0 Å². The Morgan fingerprint density at radius 1 is 1.13 bits per heavy atom. The highest BCUT2D eigenvalue weighted by atomic mass is 35.5. The van der Waals surface area contributed by atoms with Gasteiger partial charge < -0.3 is 10.2 Å². The third kappa shape index (κ3) is 4.60. The fourth-order valence-corrected chi connectivity index (χ4v) is 2.04. The first-order chi connectivity index (χ1) is 11.0. The van der Waals surface area contributed by atoms with Crippen molar-refractivity contribution < 1.29 is 4.79 Å². The van der Waals surface area contributed by atoms with Crippen molar-refractivity contribution in [3.8, 4) is 6.07 Å². The van der Waals surface area contributed by atoms with Crippen LogP contribution in [0.3, 0.4) is 0 Å². The van der Waals surface area contributed by atoms with E-state index < -0.39 is 5.91 Å². The molecule has 0 spiro atoms. The summed E-state index contributed by atoms with van der Waals surface area (Å²) in [5.74, 6) is -0.444. The molecule has 0 aliphatic rings. The molecule has 0 radical (unpaired) electrons. The minimum absolute atomic E-state index is 0.0315. The van der Waals surface area contributed by atoms with Crippen molar-refractivity contribution >= 4 is 35.0 Å². The molecule has 0 fully saturated rings. The van der Waals surface area contributed by atoms with E-state index in [2.05, 4.69) is 5.32 Å². The second-order valence-corrected chi connectivity index (χ2v) is 5.55. The number of nitriles is 1. The van der Waals surface area contributed by atoms with Gasteiger partial charge in [-0.3, -0.25) is 4.79 Å². The van der Waals surface area contributed by atoms with E-state index in [1.807, 2.05) is 37.2 Å². The molecule has 0 atom stereocenters. The Morgan fingerprint density at radius 2 is 1.74 bits per heavy atom. The van der Waals surface area contributed by atoms with E-state index in [9.17, 15) is 10.1 Å². The molecule has 2 rings (SSSR count). The Hall–Kier alpha value is -2.77. The van der Waals surface area contributed by atoms with E-state index in [-0.39, 0.29) is 5.57 Å². The van der Waals surface area contributed by atoms with Crippen molar-refractivity contribution in [1.82, 2.24) is 0 Å². The molecule has 1 amide bonds. The van der Waals surface area contributed by atoms with Crippen molar-refractivity contribution in [2.45, 2.75) is 0 Å². The van der Waals surface area contributed by atoms with Crippen LogP contribution >= 0.6 is 11.6 Å². The van der Waals surface area contributed by atoms with E-state index in [0.29, 0.717) is 10.7 Å². The first-order valence-corrected chi connectivity index (χ1v) is 7.33. The van der Waals surface area contributed by atoms with Gasteiger partial charge >= 0.3 is 0 Å². The topological polar surface area (TPSA) is 56.1 Å². The van der Waals surface area contributed by atoms with Gasteiger partial charge in [0.25, 0.3) is 5.91 Å². The van der Waals surface area contributed by atoms with Gasteiger partial charge in [0.15, 0.2) is 0 Å². The van der Waals surface area contributed by atoms with Crippen LogP contribution in [0, 0.1) is 11.3 Å². The molecule has 5 heteroatoms. The molecule has 2 aromatic rings. The summed E-state index contributed by atoms with van der Waals surface area (Å²) in [5, 5.41) is 12.5. The molecule has 1 N–H and O–H groups in total. The maximum Gasteiger partial charge on any atom is 0.266 e. The molecule has 23 heavy (non-hydrogen) atoms. The van der Waals surface area contributed by atoms with E-state index in [4.69, 9.17) is 11.6 Å². The summed E-state index contributed by atoms with van der Waals surface area (Å²) < 4.78 is 0. The Kier molecular flexibility index (Phi) is 5.40. The second-order valence-electron chi connectivity index (χ2n) is 5.12. The predicted molar refractivity (Wildman–Crippen MR) is 94.4 cm³/mol. The summed E-state index contributed by atoms with van der Waals surface area (Å²) in [7, 11) is 3.88. The summed E-state index contributed by atoms with van der Waals surface area (Å²) >= 11 is 5.82. The second kappa shape index (κ2) is 7.48. The van der Waals surface area contributed by atoms with Crippen LogP contribution in [0.5, 0.6) is 0 Å². The summed E-state index contributed by atoms with van der Waals surface area (Å²) in [6.07, 6.45) is 1.53. The van der Waals surface area contributed by atoms with Crippen LogP contribution in [-0.4, -0.2) is 20.0 Å². The third-order valence-corrected chi connectivity index (χ3v) is 3.44. The SMILES string of the molecule is CN(C)c1ccc(NC(=O)C(C#N)=Cc2ccc(Cl)cc2)cc1. The molecule has 0 aromatic heterocycles. The van der Waals surface area contributed by atoms with Crippen LogP contribution in [0.25, 0.3) is 6.08 Å². The molecule has 0 heterocycles. The molecule has 0 unspecified atom stereocenters. The fourth-order valence-electron chi connectivity index (χ4n) is 1.92. The van der Waals surface area contributed by atoms with Crippen molar-refractivity contribution in [3.63, 3.8) is 0 Å². The highest BCUT2D eigenvalue weighted by Gasteiger charge is 2.09. The molecule has 0 bridgehead atoms. The highest BCUT2D eigenvalue weighted by Crippen LogP contribution is 2.17. The summed E-state index contributed by atoms with van der Waals surface area (Å²) in [6, 6.07) is 16.2. The quantitative estimate of drug-likeness (QED) is 0.684. The van der Waals surface area contributed by atoms with E-state index >= 15 is 0 Å². The lowest BCUT2D eigenvalue weighted by molar-refractivity contribution is -0.112. The van der Waals surface area contributed by atoms with Crippen molar-refractivity contribution in [2.24, 2.45) is 0 Å². The van der Waals surface area contributed by atoms with Crippen LogP contribution in [-0.2, 0) is 4.79 Å². The molecule has 0 saturated heterocycles. The first kappa shape index (κ1) is 16.6. The lowest BCUT2D eigenvalue weighted by Gasteiger charge is -2.12. The Morgan fingerprint density at radius 3 is 2.26 bits per heavy atom.